The molecule has 0 saturated carbocycles. The molecule has 1 atom stereocenters. The molecule has 7 nitrogen and oxygen atoms in total. The molecule has 0 aromatic heterocycles. The summed E-state index contributed by atoms with van der Waals surface area (Å²) in [7, 11) is 1.48. The van der Waals surface area contributed by atoms with Gasteiger partial charge >= 0.3 is 5.97 Å². The number of ether oxygens (including phenoxy) is 4. The minimum atomic E-state index is -0.808. The number of nitrogens with two attached hydrogens (primary N) is 1. The fourth-order valence-corrected chi connectivity index (χ4v) is 3.21. The third-order valence-electron chi connectivity index (χ3n) is 4.04. The molecule has 1 aliphatic heterocycles. The van der Waals surface area contributed by atoms with Crippen LogP contribution in [0, 0.1) is 11.3 Å². The zero-order valence-corrected chi connectivity index (χ0v) is 17.2. The maximum atomic E-state index is 12.6. The third kappa shape index (κ3) is 4.18. The summed E-state index contributed by atoms with van der Waals surface area (Å²) in [5.41, 5.74) is 6.71. The number of hydrogen-bond donors (Lipinski definition) is 1. The quantitative estimate of drug-likeness (QED) is 0.716. The summed E-state index contributed by atoms with van der Waals surface area (Å²) in [6, 6.07) is 5.31. The minimum Gasteiger partial charge on any atom is -0.493 e. The number of nitrogens with zero attached hydrogens (tertiary/aromatic N) is 1. The lowest BCUT2D eigenvalue weighted by atomic mass is 9.83. The van der Waals surface area contributed by atoms with E-state index in [-0.39, 0.29) is 40.5 Å². The summed E-state index contributed by atoms with van der Waals surface area (Å²) in [6.45, 7) is 7.19. The topological polar surface area (TPSA) is 104 Å². The van der Waals surface area contributed by atoms with Gasteiger partial charge in [-0.25, -0.2) is 4.79 Å². The molecular weight excluding hydrogens is 384 g/mol. The lowest BCUT2D eigenvalue weighted by molar-refractivity contribution is -0.139. The monoisotopic (exact) mass is 406 g/mol. The van der Waals surface area contributed by atoms with E-state index < -0.39 is 11.9 Å². The Morgan fingerprint density at radius 1 is 1.43 bits per heavy atom. The van der Waals surface area contributed by atoms with Crippen LogP contribution >= 0.6 is 11.6 Å². The molecule has 0 amide bonds. The van der Waals surface area contributed by atoms with Gasteiger partial charge in [-0.1, -0.05) is 11.6 Å². The summed E-state index contributed by atoms with van der Waals surface area (Å²) in [5.74, 6) is -0.462. The largest absolute Gasteiger partial charge is 0.493 e. The van der Waals surface area contributed by atoms with Crippen molar-refractivity contribution in [1.29, 1.82) is 5.26 Å². The molecule has 1 heterocycles. The highest BCUT2D eigenvalue weighted by Crippen LogP contribution is 2.45. The first-order valence-electron chi connectivity index (χ1n) is 8.74. The van der Waals surface area contributed by atoms with Crippen molar-refractivity contribution in [3.8, 4) is 17.6 Å². The average molecular weight is 407 g/mol. The summed E-state index contributed by atoms with van der Waals surface area (Å²) < 4.78 is 21.7. The van der Waals surface area contributed by atoms with Crippen molar-refractivity contribution in [1.82, 2.24) is 0 Å². The van der Waals surface area contributed by atoms with Gasteiger partial charge in [0, 0.05) is 0 Å². The van der Waals surface area contributed by atoms with Crippen LogP contribution in [0.25, 0.3) is 0 Å². The zero-order chi connectivity index (χ0) is 21.0. The van der Waals surface area contributed by atoms with Crippen LogP contribution < -0.4 is 15.2 Å². The molecule has 2 N–H and O–H groups in total. The molecule has 28 heavy (non-hydrogen) atoms. The molecule has 0 aliphatic carbocycles. The molecule has 0 bridgehead atoms. The molecular formula is C20H23ClN2O5. The van der Waals surface area contributed by atoms with Gasteiger partial charge in [-0.15, -0.1) is 0 Å². The molecule has 1 unspecified atom stereocenters. The second kappa shape index (κ2) is 8.89. The smallest absolute Gasteiger partial charge is 0.338 e. The second-order valence-corrected chi connectivity index (χ2v) is 6.72. The van der Waals surface area contributed by atoms with Crippen LogP contribution in [0.5, 0.6) is 11.5 Å². The first kappa shape index (κ1) is 21.5. The number of benzene rings is 1. The van der Waals surface area contributed by atoms with E-state index >= 15 is 0 Å². The van der Waals surface area contributed by atoms with E-state index in [9.17, 15) is 10.1 Å². The van der Waals surface area contributed by atoms with Crippen molar-refractivity contribution < 1.29 is 23.7 Å². The Morgan fingerprint density at radius 3 is 2.64 bits per heavy atom. The van der Waals surface area contributed by atoms with Crippen LogP contribution in [-0.4, -0.2) is 25.8 Å². The van der Waals surface area contributed by atoms with Gasteiger partial charge in [-0.2, -0.15) is 5.26 Å². The van der Waals surface area contributed by atoms with E-state index in [1.165, 1.54) is 7.11 Å². The number of hydrogen-bond acceptors (Lipinski definition) is 7. The van der Waals surface area contributed by atoms with Gasteiger partial charge in [-0.05, 0) is 45.4 Å². The van der Waals surface area contributed by atoms with Gasteiger partial charge in [0.1, 0.15) is 17.4 Å². The molecule has 2 rings (SSSR count). The SMILES string of the molecule is CCOC(=O)C1=C(C)OC(N)=C(C#N)C1c1cc(Cl)c(OC(C)C)c(OC)c1. The van der Waals surface area contributed by atoms with Crippen molar-refractivity contribution in [2.24, 2.45) is 5.73 Å². The number of methoxy groups -OCH3 is 1. The third-order valence-corrected chi connectivity index (χ3v) is 4.32. The molecule has 0 fully saturated rings. The first-order valence-corrected chi connectivity index (χ1v) is 9.12. The van der Waals surface area contributed by atoms with Crippen LogP contribution in [0.1, 0.15) is 39.2 Å². The van der Waals surface area contributed by atoms with Gasteiger partial charge in [0.25, 0.3) is 0 Å². The van der Waals surface area contributed by atoms with Crippen molar-refractivity contribution in [2.45, 2.75) is 39.7 Å². The number of nitriles is 1. The Balaban J connectivity index is 2.69. The van der Waals surface area contributed by atoms with Crippen LogP contribution in [0.15, 0.2) is 34.9 Å². The minimum absolute atomic E-state index is 0.0735. The first-order chi connectivity index (χ1) is 13.2. The molecule has 1 aromatic carbocycles. The lowest BCUT2D eigenvalue weighted by Gasteiger charge is -2.27. The standard InChI is InChI=1S/C20H23ClN2O5/c1-6-26-20(24)16-11(4)28-19(23)13(9-22)17(16)12-7-14(21)18(27-10(2)3)15(8-12)25-5/h7-8,10,17H,6,23H2,1-5H3. The Bertz CT molecular complexity index is 883. The van der Waals surface area contributed by atoms with Gasteiger partial charge in [0.05, 0.1) is 36.3 Å². The number of esters is 1. The summed E-state index contributed by atoms with van der Waals surface area (Å²) >= 11 is 6.43. The number of halogens is 1. The van der Waals surface area contributed by atoms with Crippen LogP contribution in [0.4, 0.5) is 0 Å². The van der Waals surface area contributed by atoms with Crippen molar-refractivity contribution in [3.05, 3.63) is 45.5 Å². The van der Waals surface area contributed by atoms with Crippen LogP contribution in [0.2, 0.25) is 5.02 Å². The predicted octanol–water partition coefficient (Wildman–Crippen LogP) is 3.78. The highest BCUT2D eigenvalue weighted by molar-refractivity contribution is 6.32. The summed E-state index contributed by atoms with van der Waals surface area (Å²) in [5, 5.41) is 9.93. The average Bonchev–Trinajstić information content (AvgIpc) is 2.62. The maximum absolute atomic E-state index is 12.6. The second-order valence-electron chi connectivity index (χ2n) is 6.32. The number of rotatable bonds is 6. The summed E-state index contributed by atoms with van der Waals surface area (Å²) in [6.07, 6.45) is -0.122. The lowest BCUT2D eigenvalue weighted by Crippen LogP contribution is -2.25. The van der Waals surface area contributed by atoms with Crippen molar-refractivity contribution >= 4 is 17.6 Å². The molecule has 0 radical (unpaired) electrons. The molecule has 0 saturated heterocycles. The van der Waals surface area contributed by atoms with E-state index in [4.69, 9.17) is 36.3 Å². The number of carbonyl (C=O) groups is 1. The Hall–Kier alpha value is -2.85. The number of carbonyl (C=O) groups excluding carboxylic acids is 1. The fraction of sp³-hybridized carbons (Fsp3) is 0.400. The van der Waals surface area contributed by atoms with Crippen molar-refractivity contribution in [3.63, 3.8) is 0 Å². The highest BCUT2D eigenvalue weighted by Gasteiger charge is 2.37. The zero-order valence-electron chi connectivity index (χ0n) is 16.5. The molecule has 150 valence electrons. The van der Waals surface area contributed by atoms with Gasteiger partial charge in [0.2, 0.25) is 5.88 Å². The van der Waals surface area contributed by atoms with E-state index in [2.05, 4.69) is 0 Å². The Kier molecular flexibility index (Phi) is 6.81. The van der Waals surface area contributed by atoms with Gasteiger partial charge < -0.3 is 24.7 Å². The Morgan fingerprint density at radius 2 is 2.11 bits per heavy atom. The van der Waals surface area contributed by atoms with E-state index in [1.807, 2.05) is 19.9 Å². The molecule has 1 aliphatic rings. The summed E-state index contributed by atoms with van der Waals surface area (Å²) in [4.78, 5) is 12.6. The molecule has 1 aromatic rings. The van der Waals surface area contributed by atoms with E-state index in [1.54, 1.807) is 26.0 Å². The fourth-order valence-electron chi connectivity index (χ4n) is 2.94. The van der Waals surface area contributed by atoms with Crippen LogP contribution in [-0.2, 0) is 14.3 Å². The normalized spacial score (nSPS) is 16.6. The Labute approximate surface area is 169 Å². The van der Waals surface area contributed by atoms with Gasteiger partial charge in [-0.3, -0.25) is 0 Å². The number of allylic oxidation sites excluding steroid dienone is 2. The molecule has 8 heteroatoms. The van der Waals surface area contributed by atoms with Gasteiger partial charge in [0.15, 0.2) is 11.5 Å². The van der Waals surface area contributed by atoms with E-state index in [0.717, 1.165) is 0 Å². The molecule has 0 spiro atoms. The van der Waals surface area contributed by atoms with Crippen molar-refractivity contribution in [2.75, 3.05) is 13.7 Å². The maximum Gasteiger partial charge on any atom is 0.338 e. The highest BCUT2D eigenvalue weighted by atomic mass is 35.5. The van der Waals surface area contributed by atoms with E-state index in [0.29, 0.717) is 17.1 Å². The van der Waals surface area contributed by atoms with Crippen LogP contribution in [0.3, 0.4) is 0 Å². The predicted molar refractivity (Wildman–Crippen MR) is 104 cm³/mol.